The van der Waals surface area contributed by atoms with Gasteiger partial charge < -0.3 is 19.6 Å². The van der Waals surface area contributed by atoms with E-state index in [1.54, 1.807) is 13.8 Å². The Kier molecular flexibility index (Phi) is 5.86. The van der Waals surface area contributed by atoms with Crippen molar-refractivity contribution in [3.05, 3.63) is 22.2 Å². The van der Waals surface area contributed by atoms with Crippen LogP contribution in [0.25, 0.3) is 0 Å². The number of hydrogen-bond acceptors (Lipinski definition) is 7. The van der Waals surface area contributed by atoms with Crippen molar-refractivity contribution < 1.29 is 24.0 Å². The lowest BCUT2D eigenvalue weighted by Crippen LogP contribution is -2.17. The molecule has 0 aliphatic heterocycles. The number of amides is 2. The van der Waals surface area contributed by atoms with Crippen LogP contribution in [0, 0.1) is 10.1 Å². The first-order chi connectivity index (χ1) is 9.97. The first-order valence-corrected chi connectivity index (χ1v) is 6.00. The van der Waals surface area contributed by atoms with Gasteiger partial charge in [0.15, 0.2) is 0 Å². The molecule has 0 bridgehead atoms. The summed E-state index contributed by atoms with van der Waals surface area (Å²) in [6.07, 6.45) is -1.63. The third-order valence-corrected chi connectivity index (χ3v) is 2.07. The van der Waals surface area contributed by atoms with Gasteiger partial charge in [0, 0.05) is 6.07 Å². The minimum atomic E-state index is -0.839. The second kappa shape index (κ2) is 7.62. The molecule has 0 spiro atoms. The first kappa shape index (κ1) is 16.1. The van der Waals surface area contributed by atoms with Gasteiger partial charge in [-0.15, -0.1) is 0 Å². The largest absolute Gasteiger partial charge is 0.450 e. The summed E-state index contributed by atoms with van der Waals surface area (Å²) in [6.45, 7) is 3.48. The van der Waals surface area contributed by atoms with Crippen molar-refractivity contribution in [1.82, 2.24) is 4.98 Å². The number of nitrogens with zero attached hydrogens (tertiary/aromatic N) is 2. The van der Waals surface area contributed by atoms with E-state index < -0.39 is 22.9 Å². The molecular formula is C11H14N4O6. The Balaban J connectivity index is 2.94. The molecule has 21 heavy (non-hydrogen) atoms. The molecule has 10 heteroatoms. The quantitative estimate of drug-likeness (QED) is 0.628. The summed E-state index contributed by atoms with van der Waals surface area (Å²) in [5, 5.41) is 15.3. The zero-order valence-corrected chi connectivity index (χ0v) is 11.4. The Morgan fingerprint density at radius 3 is 2.29 bits per heavy atom. The van der Waals surface area contributed by atoms with Crippen molar-refractivity contribution in [2.45, 2.75) is 13.8 Å². The van der Waals surface area contributed by atoms with Gasteiger partial charge in [-0.3, -0.25) is 10.6 Å². The maximum Gasteiger partial charge on any atom is 0.414 e. The fraction of sp³-hybridized carbons (Fsp3) is 0.364. The predicted molar refractivity (Wildman–Crippen MR) is 72.2 cm³/mol. The molecule has 114 valence electrons. The molecule has 2 N–H and O–H groups in total. The summed E-state index contributed by atoms with van der Waals surface area (Å²) in [5.41, 5.74) is -0.146. The van der Waals surface area contributed by atoms with Gasteiger partial charge in [-0.05, 0) is 29.8 Å². The molecule has 0 aliphatic rings. The second-order valence-corrected chi connectivity index (χ2v) is 3.52. The molecule has 0 aliphatic carbocycles. The molecule has 0 unspecified atom stereocenters. The summed E-state index contributed by atoms with van der Waals surface area (Å²) in [7, 11) is 0. The minimum Gasteiger partial charge on any atom is -0.450 e. The number of aromatic nitrogens is 1. The van der Waals surface area contributed by atoms with Crippen LogP contribution < -0.4 is 10.6 Å². The van der Waals surface area contributed by atoms with E-state index in [4.69, 9.17) is 0 Å². The number of carbonyl (C=O) groups is 2. The lowest BCUT2D eigenvalue weighted by Gasteiger charge is -2.06. The van der Waals surface area contributed by atoms with Crippen molar-refractivity contribution >= 4 is 29.5 Å². The second-order valence-electron chi connectivity index (χ2n) is 3.52. The monoisotopic (exact) mass is 298 g/mol. The van der Waals surface area contributed by atoms with Gasteiger partial charge in [-0.25, -0.2) is 9.59 Å². The Hall–Kier alpha value is -2.91. The van der Waals surface area contributed by atoms with Crippen molar-refractivity contribution in [3.63, 3.8) is 0 Å². The van der Waals surface area contributed by atoms with Crippen LogP contribution in [0.1, 0.15) is 13.8 Å². The van der Waals surface area contributed by atoms with Gasteiger partial charge in [0.25, 0.3) is 5.82 Å². The molecule has 0 aromatic carbocycles. The molecule has 1 aromatic rings. The van der Waals surface area contributed by atoms with E-state index in [9.17, 15) is 19.7 Å². The highest BCUT2D eigenvalue weighted by atomic mass is 16.6. The van der Waals surface area contributed by atoms with E-state index in [0.29, 0.717) is 0 Å². The fourth-order valence-electron chi connectivity index (χ4n) is 1.30. The molecule has 0 radical (unpaired) electrons. The summed E-state index contributed by atoms with van der Waals surface area (Å²) >= 11 is 0. The molecule has 1 rings (SSSR count). The maximum absolute atomic E-state index is 11.3. The lowest BCUT2D eigenvalue weighted by atomic mass is 10.3. The zero-order valence-electron chi connectivity index (χ0n) is 11.4. The van der Waals surface area contributed by atoms with E-state index in [1.807, 2.05) is 0 Å². The summed E-state index contributed by atoms with van der Waals surface area (Å²) in [4.78, 5) is 36.2. The Morgan fingerprint density at radius 1 is 1.19 bits per heavy atom. The van der Waals surface area contributed by atoms with Crippen LogP contribution in [0.4, 0.5) is 26.9 Å². The predicted octanol–water partition coefficient (Wildman–Crippen LogP) is 2.13. The van der Waals surface area contributed by atoms with Gasteiger partial charge in [0.1, 0.15) is 5.69 Å². The highest BCUT2D eigenvalue weighted by molar-refractivity contribution is 5.88. The van der Waals surface area contributed by atoms with Crippen LogP contribution in [0.15, 0.2) is 12.1 Å². The van der Waals surface area contributed by atoms with Crippen LogP contribution in [-0.2, 0) is 9.47 Å². The Morgan fingerprint density at radius 2 is 1.76 bits per heavy atom. The van der Waals surface area contributed by atoms with Gasteiger partial charge in [0.2, 0.25) is 0 Å². The third kappa shape index (κ3) is 4.93. The van der Waals surface area contributed by atoms with E-state index in [-0.39, 0.29) is 24.7 Å². The van der Waals surface area contributed by atoms with Gasteiger partial charge >= 0.3 is 18.0 Å². The smallest absolute Gasteiger partial charge is 0.414 e. The number of hydrogen-bond donors (Lipinski definition) is 2. The average Bonchev–Trinajstić information content (AvgIpc) is 2.40. The molecule has 1 aromatic heterocycles. The maximum atomic E-state index is 11.3. The number of carbonyl (C=O) groups excluding carboxylic acids is 2. The van der Waals surface area contributed by atoms with Crippen molar-refractivity contribution in [2.24, 2.45) is 0 Å². The first-order valence-electron chi connectivity index (χ1n) is 6.00. The minimum absolute atomic E-state index is 0.0745. The number of ether oxygens (including phenoxy) is 2. The van der Waals surface area contributed by atoms with Crippen LogP contribution in [0.2, 0.25) is 0 Å². The topological polar surface area (TPSA) is 133 Å². The van der Waals surface area contributed by atoms with E-state index in [2.05, 4.69) is 25.1 Å². The van der Waals surface area contributed by atoms with E-state index >= 15 is 0 Å². The molecule has 0 saturated carbocycles. The highest BCUT2D eigenvalue weighted by Crippen LogP contribution is 2.24. The molecule has 1 heterocycles. The zero-order chi connectivity index (χ0) is 15.8. The van der Waals surface area contributed by atoms with Gasteiger partial charge in [-0.2, -0.15) is 0 Å². The third-order valence-electron chi connectivity index (χ3n) is 2.07. The number of nitro groups is 1. The summed E-state index contributed by atoms with van der Waals surface area (Å²) in [5.74, 6) is -0.702. The van der Waals surface area contributed by atoms with Crippen molar-refractivity contribution in [3.8, 4) is 0 Å². The number of nitrogens with one attached hydrogen (secondary N) is 2. The van der Waals surface area contributed by atoms with Gasteiger partial charge in [0.05, 0.1) is 13.2 Å². The van der Waals surface area contributed by atoms with Gasteiger partial charge in [-0.1, -0.05) is 0 Å². The van der Waals surface area contributed by atoms with E-state index in [0.717, 1.165) is 0 Å². The summed E-state index contributed by atoms with van der Waals surface area (Å²) < 4.78 is 9.24. The highest BCUT2D eigenvalue weighted by Gasteiger charge is 2.21. The lowest BCUT2D eigenvalue weighted by molar-refractivity contribution is -0.388. The fourth-order valence-corrected chi connectivity index (χ4v) is 1.30. The van der Waals surface area contributed by atoms with E-state index in [1.165, 1.54) is 12.1 Å². The van der Waals surface area contributed by atoms with Crippen LogP contribution in [0.5, 0.6) is 0 Å². The molecule has 2 amide bonds. The SMILES string of the molecule is CCOC(=O)Nc1ccc(NC(=O)OCC)c([N+](=O)[O-])n1. The molecular weight excluding hydrogens is 284 g/mol. The Labute approximate surface area is 119 Å². The van der Waals surface area contributed by atoms with Crippen molar-refractivity contribution in [2.75, 3.05) is 23.8 Å². The summed E-state index contributed by atoms with van der Waals surface area (Å²) in [6, 6.07) is 2.51. The van der Waals surface area contributed by atoms with Crippen LogP contribution in [0.3, 0.4) is 0 Å². The normalized spacial score (nSPS) is 9.62. The molecule has 0 atom stereocenters. The van der Waals surface area contributed by atoms with Crippen LogP contribution >= 0.6 is 0 Å². The Bertz CT molecular complexity index is 548. The standard InChI is InChI=1S/C11H14N4O6/c1-3-20-10(16)12-7-5-6-8(13-9(7)15(18)19)14-11(17)21-4-2/h5-6H,3-4H2,1-2H3,(H,12,16)(H,13,14,17). The van der Waals surface area contributed by atoms with Crippen molar-refractivity contribution in [1.29, 1.82) is 0 Å². The average molecular weight is 298 g/mol. The van der Waals surface area contributed by atoms with Crippen LogP contribution in [-0.4, -0.2) is 35.3 Å². The molecule has 0 saturated heterocycles. The molecule has 0 fully saturated rings. The molecule has 10 nitrogen and oxygen atoms in total. The number of pyridine rings is 1. The number of rotatable bonds is 5. The number of anilines is 2.